The summed E-state index contributed by atoms with van der Waals surface area (Å²) in [5.74, 6) is 3.51. The number of aromatic nitrogens is 2. The van der Waals surface area contributed by atoms with E-state index in [9.17, 15) is 4.79 Å². The van der Waals surface area contributed by atoms with E-state index in [4.69, 9.17) is 9.47 Å². The fourth-order valence-corrected chi connectivity index (χ4v) is 7.06. The number of carbonyl (C=O) groups is 1. The number of hydrogen-bond donors (Lipinski definition) is 0. The van der Waals surface area contributed by atoms with Crippen molar-refractivity contribution in [3.63, 3.8) is 0 Å². The molecule has 0 bridgehead atoms. The Balaban J connectivity index is 0.000000178. The molecule has 0 radical (unpaired) electrons. The lowest BCUT2D eigenvalue weighted by atomic mass is 9.72. The molecule has 2 heterocycles. The van der Waals surface area contributed by atoms with Gasteiger partial charge in [-0.15, -0.1) is 0 Å². The number of pyridine rings is 2. The van der Waals surface area contributed by atoms with Crippen molar-refractivity contribution in [3.8, 4) is 11.5 Å². The lowest BCUT2D eigenvalue weighted by Crippen LogP contribution is -2.30. The maximum atomic E-state index is 10.8. The van der Waals surface area contributed by atoms with Crippen molar-refractivity contribution in [2.45, 2.75) is 112 Å². The first kappa shape index (κ1) is 32.9. The van der Waals surface area contributed by atoms with E-state index in [-0.39, 0.29) is 0 Å². The second kappa shape index (κ2) is 13.9. The predicted molar refractivity (Wildman–Crippen MR) is 185 cm³/mol. The smallest absolute Gasteiger partial charge is 0.168 e. The second-order valence-corrected chi connectivity index (χ2v) is 15.5. The second-order valence-electron chi connectivity index (χ2n) is 15.5. The van der Waals surface area contributed by atoms with E-state index < -0.39 is 0 Å². The van der Waals surface area contributed by atoms with Crippen LogP contribution in [0.5, 0.6) is 11.5 Å². The summed E-state index contributed by atoms with van der Waals surface area (Å²) in [5, 5.41) is 4.42. The van der Waals surface area contributed by atoms with E-state index in [2.05, 4.69) is 75.8 Å². The van der Waals surface area contributed by atoms with Crippen LogP contribution >= 0.6 is 0 Å². The van der Waals surface area contributed by atoms with Crippen LogP contribution in [0.1, 0.15) is 109 Å². The van der Waals surface area contributed by atoms with Crippen LogP contribution in [0.4, 0.5) is 0 Å². The van der Waals surface area contributed by atoms with Gasteiger partial charge in [-0.3, -0.25) is 14.8 Å². The Bertz CT molecular complexity index is 1580. The van der Waals surface area contributed by atoms with Crippen LogP contribution < -0.4 is 9.47 Å². The fraction of sp³-hybridized carbons (Fsp3) is 0.525. The van der Waals surface area contributed by atoms with Gasteiger partial charge in [0.05, 0.1) is 12.2 Å². The number of rotatable bonds is 5. The molecular weight excluding hydrogens is 556 g/mol. The molecule has 5 nitrogen and oxygen atoms in total. The molecule has 2 aliphatic carbocycles. The third-order valence-electron chi connectivity index (χ3n) is 10.1. The molecule has 2 aromatic carbocycles. The van der Waals surface area contributed by atoms with Crippen molar-refractivity contribution in [2.75, 3.05) is 0 Å². The van der Waals surface area contributed by atoms with Gasteiger partial charge in [0, 0.05) is 28.9 Å². The minimum absolute atomic E-state index is 0.313. The predicted octanol–water partition coefficient (Wildman–Crippen LogP) is 10.6. The molecule has 0 aliphatic heterocycles. The lowest BCUT2D eigenvalue weighted by Gasteiger charge is -2.37. The van der Waals surface area contributed by atoms with E-state index in [1.54, 1.807) is 12.3 Å². The molecule has 5 heteroatoms. The van der Waals surface area contributed by atoms with Crippen LogP contribution in [0, 0.1) is 29.6 Å². The zero-order valence-corrected chi connectivity index (χ0v) is 28.4. The van der Waals surface area contributed by atoms with Crippen LogP contribution in [0.2, 0.25) is 0 Å². The third-order valence-corrected chi connectivity index (χ3v) is 10.1. The van der Waals surface area contributed by atoms with Crippen LogP contribution in [0.3, 0.4) is 0 Å². The quantitative estimate of drug-likeness (QED) is 0.211. The summed E-state index contributed by atoms with van der Waals surface area (Å²) in [4.78, 5) is 19.3. The molecule has 0 saturated heterocycles. The van der Waals surface area contributed by atoms with Crippen molar-refractivity contribution < 1.29 is 14.3 Å². The summed E-state index contributed by atoms with van der Waals surface area (Å²) in [5.41, 5.74) is 2.35. The Kier molecular flexibility index (Phi) is 10.2. The van der Waals surface area contributed by atoms with E-state index in [1.165, 1.54) is 43.9 Å². The minimum Gasteiger partial charge on any atom is -0.490 e. The first-order valence-corrected chi connectivity index (χ1v) is 16.9. The maximum Gasteiger partial charge on any atom is 0.168 e. The summed E-state index contributed by atoms with van der Waals surface area (Å²) in [6.45, 7) is 16.1. The van der Waals surface area contributed by atoms with Gasteiger partial charge in [-0.2, -0.15) is 0 Å². The molecule has 0 amide bonds. The number of nitrogens with zero attached hydrogens (tertiary/aromatic N) is 2. The van der Waals surface area contributed by atoms with Crippen LogP contribution in [0.25, 0.3) is 21.5 Å². The van der Waals surface area contributed by atoms with Crippen molar-refractivity contribution in [3.05, 3.63) is 72.3 Å². The average molecular weight is 609 g/mol. The van der Waals surface area contributed by atoms with Crippen molar-refractivity contribution >= 4 is 27.8 Å². The summed E-state index contributed by atoms with van der Waals surface area (Å²) < 4.78 is 12.4. The molecule has 0 unspecified atom stereocenters. The number of ether oxygens (including phenoxy) is 2. The van der Waals surface area contributed by atoms with Gasteiger partial charge in [0.2, 0.25) is 0 Å². The van der Waals surface area contributed by atoms with Gasteiger partial charge in [-0.1, -0.05) is 53.7 Å². The Morgan fingerprint density at radius 3 is 1.49 bits per heavy atom. The molecule has 45 heavy (non-hydrogen) atoms. The molecule has 2 aromatic heterocycles. The highest BCUT2D eigenvalue weighted by Crippen LogP contribution is 2.40. The largest absolute Gasteiger partial charge is 0.490 e. The highest BCUT2D eigenvalue weighted by Gasteiger charge is 2.31. The van der Waals surface area contributed by atoms with Crippen LogP contribution in [0.15, 0.2) is 60.9 Å². The van der Waals surface area contributed by atoms with Gasteiger partial charge in [0.1, 0.15) is 17.2 Å². The number of benzene rings is 2. The molecule has 240 valence electrons. The number of hydrogen-bond acceptors (Lipinski definition) is 5. The van der Waals surface area contributed by atoms with E-state index in [0.29, 0.717) is 28.7 Å². The maximum absolute atomic E-state index is 10.8. The molecule has 2 fully saturated rings. The Labute approximate surface area is 270 Å². The van der Waals surface area contributed by atoms with Gasteiger partial charge in [-0.25, -0.2) is 0 Å². The topological polar surface area (TPSA) is 61.3 Å². The number of aryl methyl sites for hydroxylation is 1. The Hall–Kier alpha value is -3.47. The molecule has 6 rings (SSSR count). The number of carbonyl (C=O) groups excluding carboxylic acids is 1. The molecule has 0 spiro atoms. The zero-order valence-electron chi connectivity index (χ0n) is 28.4. The summed E-state index contributed by atoms with van der Waals surface area (Å²) in [6, 6.07) is 16.3. The normalized spacial score (nSPS) is 22.4. The van der Waals surface area contributed by atoms with Gasteiger partial charge in [0.25, 0.3) is 0 Å². The van der Waals surface area contributed by atoms with E-state index in [1.807, 2.05) is 31.3 Å². The zero-order chi connectivity index (χ0) is 32.2. The number of aldehydes is 1. The summed E-state index contributed by atoms with van der Waals surface area (Å²) in [7, 11) is 0. The fourth-order valence-electron chi connectivity index (χ4n) is 7.06. The summed E-state index contributed by atoms with van der Waals surface area (Å²) >= 11 is 0. The Morgan fingerprint density at radius 1 is 0.600 bits per heavy atom. The molecular formula is C40H52N2O3. The number of fused-ring (bicyclic) bond motifs is 2. The van der Waals surface area contributed by atoms with Crippen LogP contribution in [-0.4, -0.2) is 28.5 Å². The SMILES string of the molecule is CC(C)(C)C1CCC(Oc2ccc3cc(C=O)ncc3c2)CC1.Cc1cc2ccc(OC3CCC(C(C)(C)C)CC3)cc2cn1. The molecule has 2 aliphatic rings. The molecule has 0 N–H and O–H groups in total. The highest BCUT2D eigenvalue weighted by atomic mass is 16.5. The van der Waals surface area contributed by atoms with Crippen molar-refractivity contribution in [2.24, 2.45) is 22.7 Å². The molecule has 4 aromatic rings. The van der Waals surface area contributed by atoms with Crippen molar-refractivity contribution in [1.29, 1.82) is 0 Å². The third kappa shape index (κ3) is 8.83. The van der Waals surface area contributed by atoms with Gasteiger partial charge in [-0.05, 0) is 128 Å². The van der Waals surface area contributed by atoms with Gasteiger partial charge in [0.15, 0.2) is 6.29 Å². The van der Waals surface area contributed by atoms with Crippen LogP contribution in [-0.2, 0) is 0 Å². The van der Waals surface area contributed by atoms with E-state index >= 15 is 0 Å². The van der Waals surface area contributed by atoms with Gasteiger partial charge < -0.3 is 9.47 Å². The standard InChI is InChI=1S/C20H25NO2.C20H27NO/c1-20(2,3)16-5-8-18(9-6-16)23-19-7-4-14-10-17(13-22)21-12-15(14)11-19;1-14-11-15-5-8-19(12-16(15)13-21-14)22-18-9-6-17(7-10-18)20(2,3)4/h4,7,10-13,16,18H,5-6,8-9H2,1-3H3;5,8,11-13,17-18H,6-7,9-10H2,1-4H3. The van der Waals surface area contributed by atoms with Crippen molar-refractivity contribution in [1.82, 2.24) is 9.97 Å². The summed E-state index contributed by atoms with van der Waals surface area (Å²) in [6.07, 6.45) is 14.8. The van der Waals surface area contributed by atoms with Gasteiger partial charge >= 0.3 is 0 Å². The Morgan fingerprint density at radius 2 is 1.04 bits per heavy atom. The average Bonchev–Trinajstić information content (AvgIpc) is 3.01. The minimum atomic E-state index is 0.313. The first-order chi connectivity index (χ1) is 21.4. The lowest BCUT2D eigenvalue weighted by molar-refractivity contribution is 0.0881. The molecule has 0 atom stereocenters. The van der Waals surface area contributed by atoms with E-state index in [0.717, 1.165) is 64.3 Å². The highest BCUT2D eigenvalue weighted by molar-refractivity contribution is 5.87. The molecule has 2 saturated carbocycles. The monoisotopic (exact) mass is 608 g/mol. The first-order valence-electron chi connectivity index (χ1n) is 16.9.